The van der Waals surface area contributed by atoms with Gasteiger partial charge in [-0.1, -0.05) is 12.1 Å². The maximum Gasteiger partial charge on any atom is 0.300 e. The fraction of sp³-hybridized carbons (Fsp3) is 0.200. The van der Waals surface area contributed by atoms with Crippen molar-refractivity contribution in [1.29, 1.82) is 0 Å². The number of amides is 1. The molecule has 3 heterocycles. The largest absolute Gasteiger partial charge is 0.507 e. The van der Waals surface area contributed by atoms with Gasteiger partial charge in [-0.25, -0.2) is 0 Å². The molecular weight excluding hydrogens is 426 g/mol. The van der Waals surface area contributed by atoms with Crippen LogP contribution in [0.4, 0.5) is 5.69 Å². The Balaban J connectivity index is 1.65. The van der Waals surface area contributed by atoms with E-state index >= 15 is 0 Å². The normalized spacial score (nSPS) is 19.1. The third-order valence-corrected chi connectivity index (χ3v) is 5.48. The minimum Gasteiger partial charge on any atom is -0.507 e. The third-order valence-electron chi connectivity index (χ3n) is 5.48. The number of furan rings is 1. The van der Waals surface area contributed by atoms with Gasteiger partial charge in [0, 0.05) is 17.3 Å². The van der Waals surface area contributed by atoms with E-state index in [0.29, 0.717) is 54.1 Å². The monoisotopic (exact) mass is 447 g/mol. The lowest BCUT2D eigenvalue weighted by molar-refractivity contribution is -0.132. The van der Waals surface area contributed by atoms with E-state index in [1.165, 1.54) is 11.2 Å². The molecule has 33 heavy (non-hydrogen) atoms. The van der Waals surface area contributed by atoms with Gasteiger partial charge >= 0.3 is 0 Å². The number of anilines is 1. The van der Waals surface area contributed by atoms with Gasteiger partial charge in [-0.15, -0.1) is 0 Å². The molecule has 0 saturated carbocycles. The van der Waals surface area contributed by atoms with Crippen molar-refractivity contribution in [2.75, 3.05) is 24.7 Å². The fourth-order valence-corrected chi connectivity index (χ4v) is 4.05. The number of nitrogens with zero attached hydrogens (tertiary/aromatic N) is 1. The van der Waals surface area contributed by atoms with Crippen LogP contribution in [0.3, 0.4) is 0 Å². The predicted molar refractivity (Wildman–Crippen MR) is 119 cm³/mol. The summed E-state index contributed by atoms with van der Waals surface area (Å²) < 4.78 is 22.3. The molecule has 1 saturated heterocycles. The molecule has 1 amide bonds. The minimum absolute atomic E-state index is 0.0708. The summed E-state index contributed by atoms with van der Waals surface area (Å²) in [5, 5.41) is 11.2. The van der Waals surface area contributed by atoms with Gasteiger partial charge in [0.1, 0.15) is 36.5 Å². The van der Waals surface area contributed by atoms with Crippen LogP contribution in [0, 0.1) is 0 Å². The highest BCUT2D eigenvalue weighted by atomic mass is 16.6. The van der Waals surface area contributed by atoms with Gasteiger partial charge < -0.3 is 23.7 Å². The van der Waals surface area contributed by atoms with Crippen molar-refractivity contribution in [3.05, 3.63) is 77.8 Å². The van der Waals surface area contributed by atoms with E-state index < -0.39 is 17.7 Å². The summed E-state index contributed by atoms with van der Waals surface area (Å²) >= 11 is 0. The van der Waals surface area contributed by atoms with Gasteiger partial charge in [0.25, 0.3) is 11.7 Å². The second-order valence-corrected chi connectivity index (χ2v) is 7.47. The number of ketones is 1. The van der Waals surface area contributed by atoms with Gasteiger partial charge in [0.15, 0.2) is 11.5 Å². The molecule has 8 heteroatoms. The van der Waals surface area contributed by atoms with E-state index in [1.807, 2.05) is 6.92 Å². The number of hydrogen-bond acceptors (Lipinski definition) is 7. The average molecular weight is 447 g/mol. The maximum atomic E-state index is 13.2. The first kappa shape index (κ1) is 20.7. The molecule has 0 spiro atoms. The molecule has 2 aliphatic heterocycles. The summed E-state index contributed by atoms with van der Waals surface area (Å²) in [5.41, 5.74) is 0.709. The molecular formula is C25H21NO7. The molecule has 2 aromatic carbocycles. The van der Waals surface area contributed by atoms with Crippen LogP contribution >= 0.6 is 0 Å². The number of aliphatic hydroxyl groups is 1. The summed E-state index contributed by atoms with van der Waals surface area (Å²) in [6.45, 7) is 3.12. The second kappa shape index (κ2) is 8.38. The average Bonchev–Trinajstić information content (AvgIpc) is 3.46. The van der Waals surface area contributed by atoms with E-state index in [1.54, 1.807) is 54.6 Å². The Morgan fingerprint density at radius 3 is 2.64 bits per heavy atom. The number of Topliss-reactive ketones (excluding diaryl/α,β-unsaturated/α-hetero) is 1. The van der Waals surface area contributed by atoms with Crippen LogP contribution in [0.15, 0.2) is 70.9 Å². The van der Waals surface area contributed by atoms with Crippen molar-refractivity contribution in [2.45, 2.75) is 13.0 Å². The molecule has 1 atom stereocenters. The number of aliphatic hydroxyl groups excluding tert-OH is 1. The smallest absolute Gasteiger partial charge is 0.300 e. The first-order valence-corrected chi connectivity index (χ1v) is 10.6. The highest BCUT2D eigenvalue weighted by Crippen LogP contribution is 2.44. The Morgan fingerprint density at radius 2 is 1.88 bits per heavy atom. The predicted octanol–water partition coefficient (Wildman–Crippen LogP) is 4.08. The zero-order valence-electron chi connectivity index (χ0n) is 17.8. The van der Waals surface area contributed by atoms with Crippen LogP contribution in [0.5, 0.6) is 17.2 Å². The van der Waals surface area contributed by atoms with Crippen LogP contribution in [0.2, 0.25) is 0 Å². The molecule has 3 aromatic rings. The van der Waals surface area contributed by atoms with E-state index in [2.05, 4.69) is 0 Å². The number of rotatable bonds is 5. The lowest BCUT2D eigenvalue weighted by atomic mass is 9.99. The minimum atomic E-state index is -0.960. The molecule has 168 valence electrons. The Kier molecular flexibility index (Phi) is 5.26. The van der Waals surface area contributed by atoms with Crippen LogP contribution < -0.4 is 19.1 Å². The SMILES string of the molecule is CCOc1cccc(/C(O)=C2/C(=O)C(=O)N(c3ccc4c(c3)OCCO4)C2c2ccco2)c1. The Morgan fingerprint density at radius 1 is 1.06 bits per heavy atom. The lowest BCUT2D eigenvalue weighted by Gasteiger charge is -2.25. The van der Waals surface area contributed by atoms with Crippen molar-refractivity contribution < 1.29 is 33.3 Å². The van der Waals surface area contributed by atoms with Gasteiger partial charge in [0.2, 0.25) is 0 Å². The molecule has 2 aliphatic rings. The van der Waals surface area contributed by atoms with E-state index in [0.717, 1.165) is 0 Å². The number of fused-ring (bicyclic) bond motifs is 1. The summed E-state index contributed by atoms with van der Waals surface area (Å²) in [6.07, 6.45) is 1.45. The van der Waals surface area contributed by atoms with Crippen molar-refractivity contribution in [3.8, 4) is 17.2 Å². The van der Waals surface area contributed by atoms with Crippen molar-refractivity contribution in [3.63, 3.8) is 0 Å². The van der Waals surface area contributed by atoms with E-state index in [-0.39, 0.29) is 11.3 Å². The van der Waals surface area contributed by atoms with Crippen LogP contribution in [-0.2, 0) is 9.59 Å². The lowest BCUT2D eigenvalue weighted by Crippen LogP contribution is -2.29. The van der Waals surface area contributed by atoms with Gasteiger partial charge in [-0.2, -0.15) is 0 Å². The maximum absolute atomic E-state index is 13.2. The molecule has 0 aliphatic carbocycles. The summed E-state index contributed by atoms with van der Waals surface area (Å²) in [5.74, 6) is 0.00781. The zero-order chi connectivity index (χ0) is 22.9. The highest BCUT2D eigenvalue weighted by Gasteiger charge is 2.48. The Hall–Kier alpha value is -4.20. The molecule has 1 N–H and O–H groups in total. The van der Waals surface area contributed by atoms with Crippen LogP contribution in [0.1, 0.15) is 24.3 Å². The molecule has 8 nitrogen and oxygen atoms in total. The number of ether oxygens (including phenoxy) is 3. The Bertz CT molecular complexity index is 1250. The highest BCUT2D eigenvalue weighted by molar-refractivity contribution is 6.51. The topological polar surface area (TPSA) is 98.4 Å². The third kappa shape index (κ3) is 3.59. The molecule has 1 aromatic heterocycles. The summed E-state index contributed by atoms with van der Waals surface area (Å²) in [7, 11) is 0. The second-order valence-electron chi connectivity index (χ2n) is 7.47. The van der Waals surface area contributed by atoms with Gasteiger partial charge in [-0.3, -0.25) is 14.5 Å². The molecule has 0 bridgehead atoms. The van der Waals surface area contributed by atoms with Crippen molar-refractivity contribution in [1.82, 2.24) is 0 Å². The van der Waals surface area contributed by atoms with Crippen molar-refractivity contribution in [2.24, 2.45) is 0 Å². The number of benzene rings is 2. The van der Waals surface area contributed by atoms with E-state index in [9.17, 15) is 14.7 Å². The molecule has 1 fully saturated rings. The summed E-state index contributed by atoms with van der Waals surface area (Å²) in [6, 6.07) is 14.1. The van der Waals surface area contributed by atoms with E-state index in [4.69, 9.17) is 18.6 Å². The quantitative estimate of drug-likeness (QED) is 0.358. The van der Waals surface area contributed by atoms with Gasteiger partial charge in [-0.05, 0) is 43.3 Å². The fourth-order valence-electron chi connectivity index (χ4n) is 4.05. The first-order chi connectivity index (χ1) is 16.1. The first-order valence-electron chi connectivity index (χ1n) is 10.6. The van der Waals surface area contributed by atoms with Crippen molar-refractivity contribution >= 4 is 23.1 Å². The zero-order valence-corrected chi connectivity index (χ0v) is 17.8. The molecule has 5 rings (SSSR count). The summed E-state index contributed by atoms with van der Waals surface area (Å²) in [4.78, 5) is 27.7. The van der Waals surface area contributed by atoms with Gasteiger partial charge in [0.05, 0.1) is 18.4 Å². The number of carbonyl (C=O) groups excluding carboxylic acids is 2. The van der Waals surface area contributed by atoms with Crippen LogP contribution in [0.25, 0.3) is 5.76 Å². The van der Waals surface area contributed by atoms with Crippen LogP contribution in [-0.4, -0.2) is 36.6 Å². The standard InChI is InChI=1S/C25H21NO7/c1-2-30-17-6-3-5-15(13-17)23(27)21-22(19-7-4-10-31-19)26(25(29)24(21)28)16-8-9-18-20(14-16)33-12-11-32-18/h3-10,13-14,22,27H,2,11-12H2,1H3/b23-21-. The molecule has 0 radical (unpaired) electrons. The molecule has 1 unspecified atom stereocenters. The number of carbonyl (C=O) groups is 2. The Labute approximate surface area is 189 Å². The number of hydrogen-bond donors (Lipinski definition) is 1.